The van der Waals surface area contributed by atoms with Crippen LogP contribution in [0.3, 0.4) is 0 Å². The van der Waals surface area contributed by atoms with Gasteiger partial charge in [-0.2, -0.15) is 0 Å². The minimum Gasteiger partial charge on any atom is -0.492 e. The van der Waals surface area contributed by atoms with Gasteiger partial charge in [0.15, 0.2) is 0 Å². The van der Waals surface area contributed by atoms with E-state index in [-0.39, 0.29) is 17.9 Å². The van der Waals surface area contributed by atoms with Gasteiger partial charge in [0.25, 0.3) is 0 Å². The molecule has 0 saturated carbocycles. The Morgan fingerprint density at radius 1 is 1.30 bits per heavy atom. The molecule has 0 radical (unpaired) electrons. The van der Waals surface area contributed by atoms with Crippen LogP contribution in [0, 0.1) is 5.92 Å². The van der Waals surface area contributed by atoms with E-state index in [1.54, 1.807) is 0 Å². The van der Waals surface area contributed by atoms with Crippen molar-refractivity contribution in [2.45, 2.75) is 46.1 Å². The molecule has 0 aliphatic carbocycles. The lowest BCUT2D eigenvalue weighted by Crippen LogP contribution is -2.22. The Bertz CT molecular complexity index is 419. The molecule has 0 heterocycles. The number of benzene rings is 1. The van der Waals surface area contributed by atoms with Gasteiger partial charge < -0.3 is 15.8 Å². The average molecular weight is 278 g/mol. The normalized spacial score (nSPS) is 13.6. The number of rotatable bonds is 8. The number of nitrogens with two attached hydrogens (primary N) is 1. The molecule has 0 bridgehead atoms. The van der Waals surface area contributed by atoms with Crippen LogP contribution in [-0.4, -0.2) is 18.6 Å². The van der Waals surface area contributed by atoms with E-state index >= 15 is 0 Å². The number of nitrogens with one attached hydrogen (secondary N) is 1. The van der Waals surface area contributed by atoms with E-state index in [1.165, 1.54) is 0 Å². The van der Waals surface area contributed by atoms with Gasteiger partial charge in [-0.25, -0.2) is 0 Å². The van der Waals surface area contributed by atoms with Crippen LogP contribution in [0.5, 0.6) is 5.75 Å². The van der Waals surface area contributed by atoms with E-state index in [1.807, 2.05) is 45.0 Å². The molecule has 0 aliphatic rings. The van der Waals surface area contributed by atoms with E-state index in [0.717, 1.165) is 24.9 Å². The maximum Gasteiger partial charge on any atom is 0.227 e. The second-order valence-corrected chi connectivity index (χ2v) is 5.23. The fraction of sp³-hybridized carbons (Fsp3) is 0.562. The van der Waals surface area contributed by atoms with Crippen molar-refractivity contribution in [3.63, 3.8) is 0 Å². The monoisotopic (exact) mass is 278 g/mol. The standard InChI is InChI=1S/C16H26N2O2/c1-4-20-15-11-6-5-10-14(15)18-16(19)12(2)8-7-9-13(3)17/h5-6,10-13H,4,7-9,17H2,1-3H3,(H,18,19). The van der Waals surface area contributed by atoms with Gasteiger partial charge in [0, 0.05) is 12.0 Å². The number of anilines is 1. The fourth-order valence-electron chi connectivity index (χ4n) is 1.98. The Morgan fingerprint density at radius 2 is 2.00 bits per heavy atom. The van der Waals surface area contributed by atoms with Crippen LogP contribution in [0.4, 0.5) is 5.69 Å². The average Bonchev–Trinajstić information content (AvgIpc) is 2.40. The van der Waals surface area contributed by atoms with Crippen LogP contribution in [0.1, 0.15) is 40.0 Å². The number of amides is 1. The molecule has 0 fully saturated rings. The molecule has 0 aromatic heterocycles. The smallest absolute Gasteiger partial charge is 0.227 e. The zero-order chi connectivity index (χ0) is 15.0. The summed E-state index contributed by atoms with van der Waals surface area (Å²) in [6.07, 6.45) is 2.77. The summed E-state index contributed by atoms with van der Waals surface area (Å²) >= 11 is 0. The van der Waals surface area contributed by atoms with E-state index in [0.29, 0.717) is 12.4 Å². The summed E-state index contributed by atoms with van der Waals surface area (Å²) in [5, 5.41) is 2.94. The van der Waals surface area contributed by atoms with Crippen molar-refractivity contribution >= 4 is 11.6 Å². The summed E-state index contributed by atoms with van der Waals surface area (Å²) in [4.78, 5) is 12.1. The summed E-state index contributed by atoms with van der Waals surface area (Å²) in [7, 11) is 0. The van der Waals surface area contributed by atoms with Gasteiger partial charge in [0.05, 0.1) is 12.3 Å². The molecular weight excluding hydrogens is 252 g/mol. The first kappa shape index (κ1) is 16.5. The minimum atomic E-state index is -0.0246. The first-order valence-electron chi connectivity index (χ1n) is 7.32. The first-order chi connectivity index (χ1) is 9.54. The predicted molar refractivity (Wildman–Crippen MR) is 82.9 cm³/mol. The first-order valence-corrected chi connectivity index (χ1v) is 7.32. The fourth-order valence-corrected chi connectivity index (χ4v) is 1.98. The van der Waals surface area contributed by atoms with Gasteiger partial charge in [-0.3, -0.25) is 4.79 Å². The van der Waals surface area contributed by atoms with Crippen molar-refractivity contribution in [2.75, 3.05) is 11.9 Å². The molecule has 4 heteroatoms. The van der Waals surface area contributed by atoms with E-state index in [4.69, 9.17) is 10.5 Å². The Kier molecular flexibility index (Phi) is 7.09. The van der Waals surface area contributed by atoms with Crippen molar-refractivity contribution < 1.29 is 9.53 Å². The van der Waals surface area contributed by atoms with Crippen molar-refractivity contribution in [3.8, 4) is 5.75 Å². The summed E-state index contributed by atoms with van der Waals surface area (Å²) in [6.45, 7) is 6.44. The molecule has 4 nitrogen and oxygen atoms in total. The molecule has 1 aromatic rings. The summed E-state index contributed by atoms with van der Waals surface area (Å²) in [6, 6.07) is 7.70. The molecule has 1 amide bonds. The van der Waals surface area contributed by atoms with Gasteiger partial charge in [-0.05, 0) is 38.8 Å². The predicted octanol–water partition coefficient (Wildman–Crippen LogP) is 3.18. The van der Waals surface area contributed by atoms with Crippen LogP contribution in [0.25, 0.3) is 0 Å². The lowest BCUT2D eigenvalue weighted by Gasteiger charge is -2.15. The van der Waals surface area contributed by atoms with Crippen LogP contribution in [0.2, 0.25) is 0 Å². The highest BCUT2D eigenvalue weighted by Gasteiger charge is 2.14. The quantitative estimate of drug-likeness (QED) is 0.767. The maximum absolute atomic E-state index is 12.1. The largest absolute Gasteiger partial charge is 0.492 e. The lowest BCUT2D eigenvalue weighted by molar-refractivity contribution is -0.119. The van der Waals surface area contributed by atoms with Crippen LogP contribution in [-0.2, 0) is 4.79 Å². The van der Waals surface area contributed by atoms with Crippen molar-refractivity contribution in [3.05, 3.63) is 24.3 Å². The van der Waals surface area contributed by atoms with Gasteiger partial charge in [0.1, 0.15) is 5.75 Å². The molecular formula is C16H26N2O2. The third-order valence-corrected chi connectivity index (χ3v) is 3.19. The molecule has 1 aromatic carbocycles. The topological polar surface area (TPSA) is 64.3 Å². The van der Waals surface area contributed by atoms with Gasteiger partial charge in [-0.1, -0.05) is 25.5 Å². The molecule has 3 N–H and O–H groups in total. The molecule has 1 rings (SSSR count). The van der Waals surface area contributed by atoms with Crippen molar-refractivity contribution in [2.24, 2.45) is 11.7 Å². The molecule has 0 saturated heterocycles. The molecule has 112 valence electrons. The highest BCUT2D eigenvalue weighted by molar-refractivity contribution is 5.93. The second kappa shape index (κ2) is 8.59. The van der Waals surface area contributed by atoms with Crippen LogP contribution < -0.4 is 15.8 Å². The number of hydrogen-bond donors (Lipinski definition) is 2. The molecule has 2 atom stereocenters. The summed E-state index contributed by atoms with van der Waals surface area (Å²) in [5.74, 6) is 0.719. The SMILES string of the molecule is CCOc1ccccc1NC(=O)C(C)CCCC(C)N. The van der Waals surface area contributed by atoms with Gasteiger partial charge in [-0.15, -0.1) is 0 Å². The molecule has 20 heavy (non-hydrogen) atoms. The molecule has 0 aliphatic heterocycles. The number of ether oxygens (including phenoxy) is 1. The Balaban J connectivity index is 2.52. The second-order valence-electron chi connectivity index (χ2n) is 5.23. The number of para-hydroxylation sites is 2. The number of carbonyl (C=O) groups is 1. The van der Waals surface area contributed by atoms with E-state index < -0.39 is 0 Å². The number of carbonyl (C=O) groups excluding carboxylic acids is 1. The zero-order valence-electron chi connectivity index (χ0n) is 12.7. The number of hydrogen-bond acceptors (Lipinski definition) is 3. The van der Waals surface area contributed by atoms with Crippen molar-refractivity contribution in [1.29, 1.82) is 0 Å². The Labute approximate surface area is 121 Å². The molecule has 2 unspecified atom stereocenters. The van der Waals surface area contributed by atoms with Crippen LogP contribution in [0.15, 0.2) is 24.3 Å². The van der Waals surface area contributed by atoms with E-state index in [2.05, 4.69) is 5.32 Å². The zero-order valence-corrected chi connectivity index (χ0v) is 12.7. The van der Waals surface area contributed by atoms with Crippen LogP contribution >= 0.6 is 0 Å². The Morgan fingerprint density at radius 3 is 2.65 bits per heavy atom. The lowest BCUT2D eigenvalue weighted by atomic mass is 10.0. The summed E-state index contributed by atoms with van der Waals surface area (Å²) < 4.78 is 5.50. The Hall–Kier alpha value is -1.55. The third-order valence-electron chi connectivity index (χ3n) is 3.19. The highest BCUT2D eigenvalue weighted by Crippen LogP contribution is 2.24. The van der Waals surface area contributed by atoms with Gasteiger partial charge >= 0.3 is 0 Å². The third kappa shape index (κ3) is 5.61. The highest BCUT2D eigenvalue weighted by atomic mass is 16.5. The summed E-state index contributed by atoms with van der Waals surface area (Å²) in [5.41, 5.74) is 6.45. The molecule has 0 spiro atoms. The van der Waals surface area contributed by atoms with Crippen molar-refractivity contribution in [1.82, 2.24) is 0 Å². The van der Waals surface area contributed by atoms with Gasteiger partial charge in [0.2, 0.25) is 5.91 Å². The maximum atomic E-state index is 12.1. The van der Waals surface area contributed by atoms with E-state index in [9.17, 15) is 4.79 Å². The minimum absolute atomic E-state index is 0.0246.